The summed E-state index contributed by atoms with van der Waals surface area (Å²) >= 11 is 3.30. The topological polar surface area (TPSA) is 58.2 Å². The third-order valence-corrected chi connectivity index (χ3v) is 3.10. The molecule has 2 rings (SSSR count). The SMILES string of the molecule is O=C(CNC(=O)c1cccc(F)c1)Nc1cccc(Br)c1. The number of nitrogens with one attached hydrogen (secondary N) is 2. The van der Waals surface area contributed by atoms with Crippen LogP contribution in [0.3, 0.4) is 0 Å². The van der Waals surface area contributed by atoms with Gasteiger partial charge in [0.05, 0.1) is 6.54 Å². The van der Waals surface area contributed by atoms with Crippen LogP contribution in [0.15, 0.2) is 53.0 Å². The molecule has 2 aromatic rings. The third-order valence-electron chi connectivity index (χ3n) is 2.60. The summed E-state index contributed by atoms with van der Waals surface area (Å²) in [6.07, 6.45) is 0. The Morgan fingerprint density at radius 2 is 1.86 bits per heavy atom. The van der Waals surface area contributed by atoms with Gasteiger partial charge in [0.15, 0.2) is 0 Å². The molecule has 2 aromatic carbocycles. The van der Waals surface area contributed by atoms with Gasteiger partial charge < -0.3 is 10.6 Å². The van der Waals surface area contributed by atoms with Crippen LogP contribution in [-0.2, 0) is 4.79 Å². The van der Waals surface area contributed by atoms with Gasteiger partial charge in [-0.3, -0.25) is 9.59 Å². The van der Waals surface area contributed by atoms with Gasteiger partial charge >= 0.3 is 0 Å². The number of benzene rings is 2. The lowest BCUT2D eigenvalue weighted by Crippen LogP contribution is -2.32. The van der Waals surface area contributed by atoms with Gasteiger partial charge in [-0.05, 0) is 36.4 Å². The van der Waals surface area contributed by atoms with Gasteiger partial charge in [-0.25, -0.2) is 4.39 Å². The van der Waals surface area contributed by atoms with Crippen LogP contribution in [0.1, 0.15) is 10.4 Å². The molecule has 21 heavy (non-hydrogen) atoms. The van der Waals surface area contributed by atoms with Crippen LogP contribution in [-0.4, -0.2) is 18.4 Å². The zero-order valence-corrected chi connectivity index (χ0v) is 12.5. The van der Waals surface area contributed by atoms with Crippen LogP contribution in [0.2, 0.25) is 0 Å². The number of carbonyl (C=O) groups is 2. The van der Waals surface area contributed by atoms with Crippen LogP contribution in [0.25, 0.3) is 0 Å². The lowest BCUT2D eigenvalue weighted by Gasteiger charge is -2.07. The molecular formula is C15H12BrFN2O2. The van der Waals surface area contributed by atoms with Gasteiger partial charge in [-0.2, -0.15) is 0 Å². The minimum atomic E-state index is -0.501. The summed E-state index contributed by atoms with van der Waals surface area (Å²) in [4.78, 5) is 23.5. The molecule has 0 radical (unpaired) electrons. The second-order valence-electron chi connectivity index (χ2n) is 4.25. The number of hydrogen-bond acceptors (Lipinski definition) is 2. The predicted octanol–water partition coefficient (Wildman–Crippen LogP) is 2.96. The first kappa shape index (κ1) is 15.2. The normalized spacial score (nSPS) is 10.0. The summed E-state index contributed by atoms with van der Waals surface area (Å²) < 4.78 is 13.8. The largest absolute Gasteiger partial charge is 0.343 e. The van der Waals surface area contributed by atoms with Crippen molar-refractivity contribution in [2.24, 2.45) is 0 Å². The van der Waals surface area contributed by atoms with Gasteiger partial charge in [-0.1, -0.05) is 28.1 Å². The Bertz CT molecular complexity index is 676. The Morgan fingerprint density at radius 1 is 1.10 bits per heavy atom. The molecule has 6 heteroatoms. The van der Waals surface area contributed by atoms with E-state index in [1.54, 1.807) is 18.2 Å². The number of hydrogen-bond donors (Lipinski definition) is 2. The maximum atomic E-state index is 13.0. The van der Waals surface area contributed by atoms with Crippen molar-refractivity contribution in [3.8, 4) is 0 Å². The molecule has 0 saturated carbocycles. The first-order valence-corrected chi connectivity index (χ1v) is 6.93. The first-order chi connectivity index (χ1) is 10.0. The van der Waals surface area contributed by atoms with Crippen LogP contribution in [0.5, 0.6) is 0 Å². The Kier molecular flexibility index (Phi) is 5.05. The number of rotatable bonds is 4. The molecule has 0 aliphatic carbocycles. The quantitative estimate of drug-likeness (QED) is 0.890. The monoisotopic (exact) mass is 350 g/mol. The summed E-state index contributed by atoms with van der Waals surface area (Å²) in [7, 11) is 0. The molecule has 0 unspecified atom stereocenters. The fourth-order valence-electron chi connectivity index (χ4n) is 1.66. The van der Waals surface area contributed by atoms with E-state index in [0.29, 0.717) is 5.69 Å². The molecule has 0 aliphatic heterocycles. The van der Waals surface area contributed by atoms with Crippen LogP contribution in [0, 0.1) is 5.82 Å². The minimum Gasteiger partial charge on any atom is -0.343 e. The van der Waals surface area contributed by atoms with E-state index in [4.69, 9.17) is 0 Å². The summed E-state index contributed by atoms with van der Waals surface area (Å²) in [5.74, 6) is -1.36. The molecule has 0 aliphatic rings. The fraction of sp³-hybridized carbons (Fsp3) is 0.0667. The zero-order valence-electron chi connectivity index (χ0n) is 10.9. The van der Waals surface area contributed by atoms with Crippen LogP contribution >= 0.6 is 15.9 Å². The fourth-order valence-corrected chi connectivity index (χ4v) is 2.06. The lowest BCUT2D eigenvalue weighted by molar-refractivity contribution is -0.115. The maximum Gasteiger partial charge on any atom is 0.251 e. The maximum absolute atomic E-state index is 13.0. The van der Waals surface area contributed by atoms with Gasteiger partial charge in [0.2, 0.25) is 5.91 Å². The molecule has 0 bridgehead atoms. The van der Waals surface area contributed by atoms with Crippen molar-refractivity contribution >= 4 is 33.4 Å². The van der Waals surface area contributed by atoms with Crippen molar-refractivity contribution < 1.29 is 14.0 Å². The van der Waals surface area contributed by atoms with Crippen molar-refractivity contribution in [3.05, 3.63) is 64.4 Å². The molecule has 0 spiro atoms. The van der Waals surface area contributed by atoms with E-state index in [9.17, 15) is 14.0 Å². The lowest BCUT2D eigenvalue weighted by atomic mass is 10.2. The minimum absolute atomic E-state index is 0.172. The molecule has 0 saturated heterocycles. The number of anilines is 1. The van der Waals surface area contributed by atoms with Gasteiger partial charge in [0.1, 0.15) is 5.82 Å². The number of carbonyl (C=O) groups excluding carboxylic acids is 2. The average Bonchev–Trinajstić information content (AvgIpc) is 2.45. The molecule has 2 N–H and O–H groups in total. The van der Waals surface area contributed by atoms with E-state index in [0.717, 1.165) is 10.5 Å². The Hall–Kier alpha value is -2.21. The molecule has 2 amide bonds. The van der Waals surface area contributed by atoms with Crippen molar-refractivity contribution in [1.29, 1.82) is 0 Å². The van der Waals surface area contributed by atoms with E-state index in [1.807, 2.05) is 6.07 Å². The highest BCUT2D eigenvalue weighted by Crippen LogP contribution is 2.15. The second-order valence-corrected chi connectivity index (χ2v) is 5.17. The summed E-state index contributed by atoms with van der Waals surface area (Å²) in [6, 6.07) is 12.4. The third kappa shape index (κ3) is 4.68. The van der Waals surface area contributed by atoms with E-state index in [-0.39, 0.29) is 18.0 Å². The highest BCUT2D eigenvalue weighted by molar-refractivity contribution is 9.10. The highest BCUT2D eigenvalue weighted by Gasteiger charge is 2.09. The molecule has 0 fully saturated rings. The summed E-state index contributed by atoms with van der Waals surface area (Å²) in [5, 5.41) is 5.07. The Labute approximate surface area is 129 Å². The van der Waals surface area contributed by atoms with E-state index in [1.165, 1.54) is 18.2 Å². The van der Waals surface area contributed by atoms with Crippen molar-refractivity contribution in [2.75, 3.05) is 11.9 Å². The zero-order chi connectivity index (χ0) is 15.2. The standard InChI is InChI=1S/C15H12BrFN2O2/c16-11-4-2-6-13(8-11)19-14(20)9-18-15(21)10-3-1-5-12(17)7-10/h1-8H,9H2,(H,18,21)(H,19,20). The molecule has 0 heterocycles. The smallest absolute Gasteiger partial charge is 0.251 e. The van der Waals surface area contributed by atoms with Crippen molar-refractivity contribution in [2.45, 2.75) is 0 Å². The van der Waals surface area contributed by atoms with Crippen LogP contribution < -0.4 is 10.6 Å². The summed E-state index contributed by atoms with van der Waals surface area (Å²) in [6.45, 7) is -0.193. The molecule has 0 atom stereocenters. The molecular weight excluding hydrogens is 339 g/mol. The average molecular weight is 351 g/mol. The predicted molar refractivity (Wildman–Crippen MR) is 81.5 cm³/mol. The molecule has 108 valence electrons. The second kappa shape index (κ2) is 6.99. The summed E-state index contributed by atoms with van der Waals surface area (Å²) in [5.41, 5.74) is 0.791. The van der Waals surface area contributed by atoms with Crippen molar-refractivity contribution in [1.82, 2.24) is 5.32 Å². The highest BCUT2D eigenvalue weighted by atomic mass is 79.9. The first-order valence-electron chi connectivity index (χ1n) is 6.14. The Balaban J connectivity index is 1.88. The number of halogens is 2. The number of amides is 2. The van der Waals surface area contributed by atoms with Gasteiger partial charge in [-0.15, -0.1) is 0 Å². The van der Waals surface area contributed by atoms with Crippen LogP contribution in [0.4, 0.5) is 10.1 Å². The van der Waals surface area contributed by atoms with Gasteiger partial charge in [0, 0.05) is 15.7 Å². The van der Waals surface area contributed by atoms with Crippen molar-refractivity contribution in [3.63, 3.8) is 0 Å². The molecule has 0 aromatic heterocycles. The van der Waals surface area contributed by atoms with E-state index in [2.05, 4.69) is 26.6 Å². The Morgan fingerprint density at radius 3 is 2.57 bits per heavy atom. The van der Waals surface area contributed by atoms with E-state index < -0.39 is 11.7 Å². The van der Waals surface area contributed by atoms with Gasteiger partial charge in [0.25, 0.3) is 5.91 Å². The molecule has 4 nitrogen and oxygen atoms in total. The van der Waals surface area contributed by atoms with E-state index >= 15 is 0 Å².